The predicted molar refractivity (Wildman–Crippen MR) is 80.5 cm³/mol. The zero-order valence-electron chi connectivity index (χ0n) is 10.6. The van der Waals surface area contributed by atoms with Crippen LogP contribution in [0, 0.1) is 4.91 Å². The normalized spacial score (nSPS) is 10.2. The van der Waals surface area contributed by atoms with Crippen LogP contribution < -0.4 is 0 Å². The summed E-state index contributed by atoms with van der Waals surface area (Å²) in [5, 5.41) is 13.4. The number of nitroso groups, excluding NO2 is 1. The van der Waals surface area contributed by atoms with Crippen molar-refractivity contribution in [1.29, 1.82) is 0 Å². The Morgan fingerprint density at radius 1 is 1.15 bits per heavy atom. The topological polar surface area (TPSA) is 67.5 Å². The van der Waals surface area contributed by atoms with Crippen LogP contribution in [0.4, 0.5) is 5.69 Å². The molecule has 0 saturated carbocycles. The van der Waals surface area contributed by atoms with E-state index in [1.165, 1.54) is 0 Å². The number of hydrogen-bond donors (Lipinski definition) is 1. The van der Waals surface area contributed by atoms with Crippen LogP contribution in [-0.4, -0.2) is 14.7 Å². The lowest BCUT2D eigenvalue weighted by Gasteiger charge is -2.02. The van der Waals surface area contributed by atoms with Crippen molar-refractivity contribution in [3.8, 4) is 17.0 Å². The van der Waals surface area contributed by atoms with Gasteiger partial charge in [-0.25, -0.2) is 0 Å². The van der Waals surface area contributed by atoms with E-state index in [-0.39, 0.29) is 24.0 Å². The van der Waals surface area contributed by atoms with Crippen molar-refractivity contribution in [2.75, 3.05) is 0 Å². The summed E-state index contributed by atoms with van der Waals surface area (Å²) in [5.74, 6) is -0.114. The summed E-state index contributed by atoms with van der Waals surface area (Å²) in [6.07, 6.45) is 3.42. The predicted octanol–water partition coefficient (Wildman–Crippen LogP) is 3.77. The highest BCUT2D eigenvalue weighted by Gasteiger charge is 2.15. The molecular weight excluding hydrogens is 278 g/mol. The van der Waals surface area contributed by atoms with Crippen LogP contribution in [0.2, 0.25) is 0 Å². The van der Waals surface area contributed by atoms with E-state index in [9.17, 15) is 10.0 Å². The third-order valence-corrected chi connectivity index (χ3v) is 3.25. The first-order chi connectivity index (χ1) is 9.22. The number of fused-ring (bicyclic) bond motifs is 1. The Morgan fingerprint density at radius 2 is 1.85 bits per heavy atom. The zero-order chi connectivity index (χ0) is 13.4. The lowest BCUT2D eigenvalue weighted by molar-refractivity contribution is 0.437. The lowest BCUT2D eigenvalue weighted by Crippen LogP contribution is -1.85. The summed E-state index contributed by atoms with van der Waals surface area (Å²) >= 11 is 0. The van der Waals surface area contributed by atoms with Gasteiger partial charge in [-0.1, -0.05) is 6.07 Å². The molecule has 6 heteroatoms. The van der Waals surface area contributed by atoms with E-state index in [4.69, 9.17) is 0 Å². The highest BCUT2D eigenvalue weighted by molar-refractivity contribution is 5.97. The van der Waals surface area contributed by atoms with Crippen molar-refractivity contribution in [2.45, 2.75) is 0 Å². The number of hydrogen-bond acceptors (Lipinski definition) is 4. The Morgan fingerprint density at radius 3 is 2.50 bits per heavy atom. The number of halogens is 1. The third kappa shape index (κ3) is 2.02. The van der Waals surface area contributed by atoms with Crippen LogP contribution in [-0.2, 0) is 7.05 Å². The van der Waals surface area contributed by atoms with Crippen molar-refractivity contribution < 1.29 is 5.11 Å². The smallest absolute Gasteiger partial charge is 0.222 e. The van der Waals surface area contributed by atoms with Gasteiger partial charge in [0.1, 0.15) is 0 Å². The van der Waals surface area contributed by atoms with Crippen LogP contribution in [0.15, 0.2) is 47.9 Å². The Balaban J connectivity index is 0.00000147. The minimum Gasteiger partial charge on any atom is -0.493 e. The summed E-state index contributed by atoms with van der Waals surface area (Å²) in [7, 11) is 1.69. The molecule has 0 radical (unpaired) electrons. The van der Waals surface area contributed by atoms with Crippen LogP contribution in [0.3, 0.4) is 0 Å². The van der Waals surface area contributed by atoms with Gasteiger partial charge in [0.05, 0.1) is 5.52 Å². The molecule has 0 spiro atoms. The molecule has 0 saturated heterocycles. The molecule has 2 aromatic heterocycles. The number of benzene rings is 1. The van der Waals surface area contributed by atoms with Gasteiger partial charge in [-0.2, -0.15) is 0 Å². The van der Waals surface area contributed by atoms with E-state index >= 15 is 0 Å². The maximum atomic E-state index is 10.9. The first kappa shape index (κ1) is 14.0. The van der Waals surface area contributed by atoms with Gasteiger partial charge in [-0.3, -0.25) is 4.98 Å². The van der Waals surface area contributed by atoms with Gasteiger partial charge in [0.15, 0.2) is 5.69 Å². The van der Waals surface area contributed by atoms with Crippen molar-refractivity contribution in [2.24, 2.45) is 12.2 Å². The van der Waals surface area contributed by atoms with E-state index in [0.717, 1.165) is 16.6 Å². The highest BCUT2D eigenvalue weighted by Crippen LogP contribution is 2.39. The Labute approximate surface area is 121 Å². The van der Waals surface area contributed by atoms with Gasteiger partial charge in [0, 0.05) is 24.8 Å². The Hall–Kier alpha value is -2.40. The fourth-order valence-electron chi connectivity index (χ4n) is 2.23. The van der Waals surface area contributed by atoms with Crippen molar-refractivity contribution >= 4 is 29.0 Å². The summed E-state index contributed by atoms with van der Waals surface area (Å²) in [6, 6.07) is 9.42. The average molecular weight is 290 g/mol. The van der Waals surface area contributed by atoms with E-state index in [0.29, 0.717) is 5.39 Å². The van der Waals surface area contributed by atoms with Crippen LogP contribution >= 0.6 is 12.4 Å². The van der Waals surface area contributed by atoms with Gasteiger partial charge in [0.2, 0.25) is 5.88 Å². The zero-order valence-corrected chi connectivity index (χ0v) is 11.5. The number of nitrogens with zero attached hydrogens (tertiary/aromatic N) is 3. The van der Waals surface area contributed by atoms with E-state index < -0.39 is 0 Å². The first-order valence-electron chi connectivity index (χ1n) is 5.77. The monoisotopic (exact) mass is 289 g/mol. The molecule has 0 amide bonds. The number of pyridine rings is 1. The molecule has 3 aromatic rings. The average Bonchev–Trinajstić information content (AvgIpc) is 2.71. The van der Waals surface area contributed by atoms with Gasteiger partial charge < -0.3 is 9.67 Å². The molecule has 3 rings (SSSR count). The summed E-state index contributed by atoms with van der Waals surface area (Å²) in [4.78, 5) is 14.8. The number of aromatic hydroxyl groups is 1. The Kier molecular flexibility index (Phi) is 3.72. The molecule has 0 atom stereocenters. The largest absolute Gasteiger partial charge is 0.493 e. The first-order valence-corrected chi connectivity index (χ1v) is 5.77. The molecule has 1 aromatic carbocycles. The van der Waals surface area contributed by atoms with E-state index in [2.05, 4.69) is 10.2 Å². The SMILES string of the molecule is Cl.Cn1c(O)c(N=O)c2cc(-c3ccncc3)ccc21. The molecule has 5 nitrogen and oxygen atoms in total. The minimum atomic E-state index is -0.114. The summed E-state index contributed by atoms with van der Waals surface area (Å²) in [5.41, 5.74) is 2.79. The molecule has 20 heavy (non-hydrogen) atoms. The third-order valence-electron chi connectivity index (χ3n) is 3.25. The van der Waals surface area contributed by atoms with E-state index in [1.54, 1.807) is 24.0 Å². The molecular formula is C14H12ClN3O2. The second-order valence-corrected chi connectivity index (χ2v) is 4.29. The van der Waals surface area contributed by atoms with Crippen LogP contribution in [0.25, 0.3) is 22.0 Å². The summed E-state index contributed by atoms with van der Waals surface area (Å²) in [6.45, 7) is 0. The fourth-order valence-corrected chi connectivity index (χ4v) is 2.23. The molecule has 2 heterocycles. The van der Waals surface area contributed by atoms with Gasteiger partial charge >= 0.3 is 0 Å². The van der Waals surface area contributed by atoms with E-state index in [1.807, 2.05) is 30.3 Å². The van der Waals surface area contributed by atoms with Gasteiger partial charge in [-0.15, -0.1) is 17.3 Å². The Bertz CT molecular complexity index is 769. The maximum Gasteiger partial charge on any atom is 0.222 e. The van der Waals surface area contributed by atoms with Gasteiger partial charge in [-0.05, 0) is 40.6 Å². The number of aromatic nitrogens is 2. The number of aryl methyl sites for hydroxylation is 1. The van der Waals surface area contributed by atoms with Crippen molar-refractivity contribution in [1.82, 2.24) is 9.55 Å². The molecule has 0 unspecified atom stereocenters. The molecule has 0 aliphatic carbocycles. The van der Waals surface area contributed by atoms with Crippen LogP contribution in [0.1, 0.15) is 0 Å². The maximum absolute atomic E-state index is 10.9. The van der Waals surface area contributed by atoms with Gasteiger partial charge in [0.25, 0.3) is 0 Å². The summed E-state index contributed by atoms with van der Waals surface area (Å²) < 4.78 is 1.54. The molecule has 0 aliphatic rings. The van der Waals surface area contributed by atoms with Crippen molar-refractivity contribution in [3.63, 3.8) is 0 Å². The quantitative estimate of drug-likeness (QED) is 0.730. The van der Waals surface area contributed by atoms with Crippen LogP contribution in [0.5, 0.6) is 5.88 Å². The molecule has 1 N–H and O–H groups in total. The molecule has 0 aliphatic heterocycles. The highest BCUT2D eigenvalue weighted by atomic mass is 35.5. The van der Waals surface area contributed by atoms with Crippen molar-refractivity contribution in [3.05, 3.63) is 47.6 Å². The molecule has 0 fully saturated rings. The number of rotatable bonds is 2. The minimum absolute atomic E-state index is 0. The molecule has 102 valence electrons. The standard InChI is InChI=1S/C14H11N3O2.ClH/c1-17-12-3-2-10(9-4-6-15-7-5-9)8-11(12)13(16-19)14(17)18;/h2-8,18H,1H3;1H. The molecule has 0 bridgehead atoms. The second kappa shape index (κ2) is 5.30. The fraction of sp³-hybridized carbons (Fsp3) is 0.0714. The lowest BCUT2D eigenvalue weighted by atomic mass is 10.1. The second-order valence-electron chi connectivity index (χ2n) is 4.29.